The summed E-state index contributed by atoms with van der Waals surface area (Å²) < 4.78 is 17.1. The summed E-state index contributed by atoms with van der Waals surface area (Å²) in [5.41, 5.74) is 1.38. The number of rotatable bonds is 8. The Kier molecular flexibility index (Phi) is 5.79. The van der Waals surface area contributed by atoms with E-state index in [-0.39, 0.29) is 11.6 Å². The molecule has 140 valence electrons. The number of anilines is 1. The van der Waals surface area contributed by atoms with Crippen LogP contribution < -0.4 is 10.1 Å². The minimum absolute atomic E-state index is 0.206. The van der Waals surface area contributed by atoms with Gasteiger partial charge >= 0.3 is 0 Å². The molecule has 0 atom stereocenters. The Balaban J connectivity index is 1.65. The molecule has 0 saturated carbocycles. The van der Waals surface area contributed by atoms with Gasteiger partial charge in [0.05, 0.1) is 0 Å². The van der Waals surface area contributed by atoms with Gasteiger partial charge in [-0.1, -0.05) is 17.7 Å². The third kappa shape index (κ3) is 4.90. The number of oxazole rings is 1. The van der Waals surface area contributed by atoms with Crippen molar-refractivity contribution < 1.29 is 13.6 Å². The van der Waals surface area contributed by atoms with Gasteiger partial charge in [0.2, 0.25) is 11.6 Å². The summed E-state index contributed by atoms with van der Waals surface area (Å²) in [5, 5.41) is 12.3. The monoisotopic (exact) mass is 366 g/mol. The van der Waals surface area contributed by atoms with Gasteiger partial charge in [-0.15, -0.1) is 0 Å². The second kappa shape index (κ2) is 8.43. The van der Waals surface area contributed by atoms with Gasteiger partial charge in [0, 0.05) is 13.1 Å². The van der Waals surface area contributed by atoms with Gasteiger partial charge in [-0.05, 0) is 45.3 Å². The Labute approximate surface area is 158 Å². The summed E-state index contributed by atoms with van der Waals surface area (Å²) in [5.74, 6) is 2.48. The zero-order valence-corrected chi connectivity index (χ0v) is 15.7. The molecule has 2 aromatic heterocycles. The Hall–Kier alpha value is -3.24. The molecule has 3 aromatic rings. The molecule has 0 saturated heterocycles. The van der Waals surface area contributed by atoms with Crippen LogP contribution in [0.4, 0.5) is 5.88 Å². The number of likely N-dealkylation sites (N-methyl/N-ethyl adjacent to an activating group) is 1. The van der Waals surface area contributed by atoms with E-state index in [2.05, 4.69) is 10.3 Å². The van der Waals surface area contributed by atoms with Crippen molar-refractivity contribution in [2.75, 3.05) is 32.5 Å². The van der Waals surface area contributed by atoms with Gasteiger partial charge in [-0.3, -0.25) is 0 Å². The number of benzene rings is 1. The number of ether oxygens (including phenoxy) is 1. The zero-order chi connectivity index (χ0) is 19.2. The quantitative estimate of drug-likeness (QED) is 0.651. The van der Waals surface area contributed by atoms with Crippen molar-refractivity contribution in [2.24, 2.45) is 0 Å². The molecule has 0 aliphatic rings. The highest BCUT2D eigenvalue weighted by molar-refractivity contribution is 5.54. The number of hydrogen-bond acceptors (Lipinski definition) is 7. The average Bonchev–Trinajstić information content (AvgIpc) is 3.27. The zero-order valence-electron chi connectivity index (χ0n) is 15.7. The number of furan rings is 1. The summed E-state index contributed by atoms with van der Waals surface area (Å²) in [6.07, 6.45) is 0. The van der Waals surface area contributed by atoms with Crippen LogP contribution in [0.5, 0.6) is 5.75 Å². The second-order valence-corrected chi connectivity index (χ2v) is 6.41. The summed E-state index contributed by atoms with van der Waals surface area (Å²) >= 11 is 0. The number of hydrogen-bond donors (Lipinski definition) is 1. The molecule has 0 spiro atoms. The fraction of sp³-hybridized carbons (Fsp3) is 0.300. The highest BCUT2D eigenvalue weighted by Gasteiger charge is 2.17. The van der Waals surface area contributed by atoms with E-state index in [4.69, 9.17) is 13.6 Å². The van der Waals surface area contributed by atoms with Gasteiger partial charge in [0.1, 0.15) is 24.2 Å². The third-order valence-corrected chi connectivity index (χ3v) is 3.85. The molecule has 0 fully saturated rings. The van der Waals surface area contributed by atoms with Crippen molar-refractivity contribution in [2.45, 2.75) is 13.5 Å². The van der Waals surface area contributed by atoms with Crippen molar-refractivity contribution in [3.05, 3.63) is 53.4 Å². The maximum absolute atomic E-state index is 9.25. The predicted molar refractivity (Wildman–Crippen MR) is 101 cm³/mol. The maximum atomic E-state index is 9.25. The number of nitrogens with zero attached hydrogens (tertiary/aromatic N) is 3. The summed E-state index contributed by atoms with van der Waals surface area (Å²) in [6.45, 7) is 3.77. The highest BCUT2D eigenvalue weighted by atomic mass is 16.5. The second-order valence-electron chi connectivity index (χ2n) is 6.41. The van der Waals surface area contributed by atoms with Crippen LogP contribution in [0.3, 0.4) is 0 Å². The first-order valence-electron chi connectivity index (χ1n) is 8.63. The molecule has 0 aliphatic carbocycles. The van der Waals surface area contributed by atoms with E-state index < -0.39 is 0 Å². The summed E-state index contributed by atoms with van der Waals surface area (Å²) in [4.78, 5) is 6.23. The van der Waals surface area contributed by atoms with E-state index in [0.717, 1.165) is 12.3 Å². The number of aryl methyl sites for hydroxylation is 1. The van der Waals surface area contributed by atoms with Crippen LogP contribution in [0.1, 0.15) is 17.0 Å². The largest absolute Gasteiger partial charge is 0.486 e. The van der Waals surface area contributed by atoms with Crippen LogP contribution in [0.25, 0.3) is 11.7 Å². The molecule has 7 nitrogen and oxygen atoms in total. The SMILES string of the molecule is Cc1ccc(OCc2ccc(-c3nc(C#N)c(NCCN(C)C)o3)o2)cc1. The van der Waals surface area contributed by atoms with Gasteiger partial charge in [0.15, 0.2) is 5.76 Å². The first kappa shape index (κ1) is 18.5. The van der Waals surface area contributed by atoms with E-state index in [1.807, 2.05) is 56.3 Å². The van der Waals surface area contributed by atoms with Crippen LogP contribution in [0.15, 0.2) is 45.2 Å². The van der Waals surface area contributed by atoms with Crippen molar-refractivity contribution in [3.63, 3.8) is 0 Å². The van der Waals surface area contributed by atoms with Crippen LogP contribution in [-0.2, 0) is 6.61 Å². The minimum Gasteiger partial charge on any atom is -0.486 e. The molecule has 0 radical (unpaired) electrons. The molecule has 7 heteroatoms. The summed E-state index contributed by atoms with van der Waals surface area (Å²) in [6, 6.07) is 13.4. The van der Waals surface area contributed by atoms with E-state index in [0.29, 0.717) is 30.6 Å². The normalized spacial score (nSPS) is 10.8. The first-order valence-corrected chi connectivity index (χ1v) is 8.63. The topological polar surface area (TPSA) is 87.5 Å². The fourth-order valence-electron chi connectivity index (χ4n) is 2.37. The van der Waals surface area contributed by atoms with Gasteiger partial charge in [-0.25, -0.2) is 0 Å². The standard InChI is InChI=1S/C20H22N4O3/c1-14-4-6-15(7-5-14)25-13-16-8-9-18(26-16)20-23-17(12-21)19(27-20)22-10-11-24(2)3/h4-9,22H,10-11,13H2,1-3H3. The smallest absolute Gasteiger partial charge is 0.266 e. The lowest BCUT2D eigenvalue weighted by atomic mass is 10.2. The molecule has 3 rings (SSSR count). The molecular weight excluding hydrogens is 344 g/mol. The van der Waals surface area contributed by atoms with Crippen molar-refractivity contribution in [1.82, 2.24) is 9.88 Å². The van der Waals surface area contributed by atoms with Gasteiger partial charge < -0.3 is 23.8 Å². The highest BCUT2D eigenvalue weighted by Crippen LogP contribution is 2.27. The molecule has 1 N–H and O–H groups in total. The Morgan fingerprint density at radius 1 is 1.15 bits per heavy atom. The third-order valence-electron chi connectivity index (χ3n) is 3.85. The van der Waals surface area contributed by atoms with Gasteiger partial charge in [0.25, 0.3) is 5.89 Å². The molecule has 2 heterocycles. The Bertz CT molecular complexity index is 920. The van der Waals surface area contributed by atoms with E-state index in [1.54, 1.807) is 12.1 Å². The van der Waals surface area contributed by atoms with Crippen molar-refractivity contribution in [3.8, 4) is 23.5 Å². The molecule has 27 heavy (non-hydrogen) atoms. The van der Waals surface area contributed by atoms with E-state index in [1.165, 1.54) is 5.56 Å². The number of nitriles is 1. The molecule has 0 unspecified atom stereocenters. The molecular formula is C20H22N4O3. The van der Waals surface area contributed by atoms with Crippen molar-refractivity contribution >= 4 is 5.88 Å². The lowest BCUT2D eigenvalue weighted by Gasteiger charge is -2.09. The van der Waals surface area contributed by atoms with Crippen molar-refractivity contribution in [1.29, 1.82) is 5.26 Å². The molecule has 0 bridgehead atoms. The average molecular weight is 366 g/mol. The maximum Gasteiger partial charge on any atom is 0.266 e. The van der Waals surface area contributed by atoms with Crippen LogP contribution in [0.2, 0.25) is 0 Å². The first-order chi connectivity index (χ1) is 13.0. The fourth-order valence-corrected chi connectivity index (χ4v) is 2.37. The van der Waals surface area contributed by atoms with Gasteiger partial charge in [-0.2, -0.15) is 10.2 Å². The lowest BCUT2D eigenvalue weighted by Crippen LogP contribution is -2.20. The molecule has 1 aromatic carbocycles. The van der Waals surface area contributed by atoms with Crippen LogP contribution in [0, 0.1) is 18.3 Å². The lowest BCUT2D eigenvalue weighted by molar-refractivity contribution is 0.271. The van der Waals surface area contributed by atoms with E-state index >= 15 is 0 Å². The number of nitrogens with one attached hydrogen (secondary N) is 1. The minimum atomic E-state index is 0.206. The van der Waals surface area contributed by atoms with Crippen LogP contribution >= 0.6 is 0 Å². The molecule has 0 aliphatic heterocycles. The number of aromatic nitrogens is 1. The summed E-state index contributed by atoms with van der Waals surface area (Å²) in [7, 11) is 3.95. The Morgan fingerprint density at radius 2 is 1.93 bits per heavy atom. The predicted octanol–water partition coefficient (Wildman–Crippen LogP) is 3.67. The van der Waals surface area contributed by atoms with E-state index in [9.17, 15) is 5.26 Å². The molecule has 0 amide bonds. The van der Waals surface area contributed by atoms with Crippen LogP contribution in [-0.4, -0.2) is 37.1 Å². The Morgan fingerprint density at radius 3 is 2.63 bits per heavy atom.